The summed E-state index contributed by atoms with van der Waals surface area (Å²) >= 11 is 1.50. The van der Waals surface area contributed by atoms with Crippen LogP contribution < -0.4 is 5.32 Å². The number of hydrogen-bond acceptors (Lipinski definition) is 3. The Balaban J connectivity index is 1.67. The van der Waals surface area contributed by atoms with E-state index in [0.29, 0.717) is 5.13 Å². The zero-order valence-corrected chi connectivity index (χ0v) is 17.6. The lowest BCUT2D eigenvalue weighted by Gasteiger charge is -2.23. The molecule has 1 aliphatic carbocycles. The van der Waals surface area contributed by atoms with Gasteiger partial charge in [-0.1, -0.05) is 81.4 Å². The molecule has 1 atom stereocenters. The van der Waals surface area contributed by atoms with Gasteiger partial charge >= 0.3 is 0 Å². The highest BCUT2D eigenvalue weighted by Crippen LogP contribution is 2.68. The van der Waals surface area contributed by atoms with Crippen molar-refractivity contribution in [3.8, 4) is 0 Å². The molecule has 3 nitrogen and oxygen atoms in total. The fourth-order valence-electron chi connectivity index (χ4n) is 4.12. The maximum Gasteiger partial charge on any atom is 0.233 e. The van der Waals surface area contributed by atoms with Crippen LogP contribution in [-0.4, -0.2) is 10.9 Å². The zero-order chi connectivity index (χ0) is 20.0. The third-order valence-corrected chi connectivity index (χ3v) is 6.72. The van der Waals surface area contributed by atoms with Crippen molar-refractivity contribution in [3.63, 3.8) is 0 Å². The molecule has 0 spiro atoms. The number of carbonyl (C=O) groups excluding carboxylic acids is 1. The monoisotopic (exact) mass is 390 g/mol. The SMILES string of the molecule is CC(C)(C)c1csc(NC(=O)C2(C)CC2(c2ccccc2)c2ccccc2)n1. The van der Waals surface area contributed by atoms with Gasteiger partial charge in [-0.15, -0.1) is 11.3 Å². The minimum absolute atomic E-state index is 0.0270. The largest absolute Gasteiger partial charge is 0.301 e. The number of thiazole rings is 1. The lowest BCUT2D eigenvalue weighted by atomic mass is 9.80. The van der Waals surface area contributed by atoms with E-state index in [-0.39, 0.29) is 16.7 Å². The summed E-state index contributed by atoms with van der Waals surface area (Å²) < 4.78 is 0. The second-order valence-corrected chi connectivity index (χ2v) is 9.75. The van der Waals surface area contributed by atoms with E-state index in [1.807, 2.05) is 41.8 Å². The van der Waals surface area contributed by atoms with Crippen LogP contribution in [0.5, 0.6) is 0 Å². The smallest absolute Gasteiger partial charge is 0.233 e. The van der Waals surface area contributed by atoms with Gasteiger partial charge in [0.1, 0.15) is 0 Å². The minimum atomic E-state index is -0.511. The molecule has 0 saturated heterocycles. The van der Waals surface area contributed by atoms with Gasteiger partial charge in [0.25, 0.3) is 0 Å². The van der Waals surface area contributed by atoms with Crippen molar-refractivity contribution in [2.75, 3.05) is 5.32 Å². The normalized spacial score (nSPS) is 20.6. The highest BCUT2D eigenvalue weighted by atomic mass is 32.1. The quantitative estimate of drug-likeness (QED) is 0.614. The number of carbonyl (C=O) groups is 1. The molecule has 4 heteroatoms. The van der Waals surface area contributed by atoms with E-state index in [1.54, 1.807) is 0 Å². The van der Waals surface area contributed by atoms with E-state index in [1.165, 1.54) is 22.5 Å². The average molecular weight is 391 g/mol. The van der Waals surface area contributed by atoms with Crippen LogP contribution in [0, 0.1) is 5.41 Å². The predicted octanol–water partition coefficient (Wildman–Crippen LogP) is 5.78. The molecule has 2 aromatic carbocycles. The zero-order valence-electron chi connectivity index (χ0n) is 16.8. The Hall–Kier alpha value is -2.46. The number of nitrogens with one attached hydrogen (secondary N) is 1. The molecular formula is C24H26N2OS. The highest BCUT2D eigenvalue weighted by molar-refractivity contribution is 7.14. The molecule has 4 rings (SSSR count). The predicted molar refractivity (Wildman–Crippen MR) is 116 cm³/mol. The van der Waals surface area contributed by atoms with Crippen molar-refractivity contribution in [2.24, 2.45) is 5.41 Å². The minimum Gasteiger partial charge on any atom is -0.301 e. The van der Waals surface area contributed by atoms with Gasteiger partial charge in [0, 0.05) is 16.2 Å². The second-order valence-electron chi connectivity index (χ2n) is 8.89. The van der Waals surface area contributed by atoms with E-state index in [0.717, 1.165) is 12.1 Å². The number of rotatable bonds is 4. The third-order valence-electron chi connectivity index (χ3n) is 5.96. The van der Waals surface area contributed by atoms with Gasteiger partial charge in [-0.05, 0) is 24.5 Å². The molecule has 1 N–H and O–H groups in total. The standard InChI is InChI=1S/C24H26N2OS/c1-22(2,3)19-15-28-21(25-19)26-20(27)23(4)16-24(23,17-11-7-5-8-12-17)18-13-9-6-10-14-18/h5-15H,16H2,1-4H3,(H,25,26,27). The fraction of sp³-hybridized carbons (Fsp3) is 0.333. The highest BCUT2D eigenvalue weighted by Gasteiger charge is 2.70. The summed E-state index contributed by atoms with van der Waals surface area (Å²) in [6.45, 7) is 8.46. The van der Waals surface area contributed by atoms with Crippen molar-refractivity contribution in [1.29, 1.82) is 0 Å². The second kappa shape index (κ2) is 6.56. The Morgan fingerprint density at radius 2 is 1.54 bits per heavy atom. The maximum absolute atomic E-state index is 13.4. The first-order valence-electron chi connectivity index (χ1n) is 9.66. The molecule has 1 fully saturated rings. The average Bonchev–Trinajstić information content (AvgIpc) is 3.07. The molecule has 1 aromatic heterocycles. The number of hydrogen-bond donors (Lipinski definition) is 1. The van der Waals surface area contributed by atoms with Gasteiger partial charge < -0.3 is 5.32 Å². The Kier molecular flexibility index (Phi) is 4.42. The molecule has 0 radical (unpaired) electrons. The van der Waals surface area contributed by atoms with Crippen molar-refractivity contribution in [2.45, 2.75) is 44.9 Å². The van der Waals surface area contributed by atoms with Crippen LogP contribution in [-0.2, 0) is 15.6 Å². The summed E-state index contributed by atoms with van der Waals surface area (Å²) in [5, 5.41) is 5.81. The molecular weight excluding hydrogens is 364 g/mol. The van der Waals surface area contributed by atoms with E-state index in [4.69, 9.17) is 0 Å². The maximum atomic E-state index is 13.4. The van der Waals surface area contributed by atoms with Crippen molar-refractivity contribution in [3.05, 3.63) is 82.9 Å². The van der Waals surface area contributed by atoms with Crippen LogP contribution in [0.4, 0.5) is 5.13 Å². The summed E-state index contributed by atoms with van der Waals surface area (Å²) in [7, 11) is 0. The number of benzene rings is 2. The Morgan fingerprint density at radius 3 is 2.00 bits per heavy atom. The first kappa shape index (κ1) is 18.9. The first-order valence-corrected chi connectivity index (χ1v) is 10.5. The van der Waals surface area contributed by atoms with Gasteiger partial charge in [-0.25, -0.2) is 4.98 Å². The number of nitrogens with zero attached hydrogens (tertiary/aromatic N) is 1. The number of amides is 1. The van der Waals surface area contributed by atoms with Crippen molar-refractivity contribution in [1.82, 2.24) is 4.98 Å². The summed E-state index contributed by atoms with van der Waals surface area (Å²) in [5.41, 5.74) is 2.54. The van der Waals surface area contributed by atoms with Gasteiger partial charge in [0.2, 0.25) is 5.91 Å². The molecule has 3 aromatic rings. The van der Waals surface area contributed by atoms with Crippen LogP contribution in [0.15, 0.2) is 66.0 Å². The lowest BCUT2D eigenvalue weighted by molar-refractivity contribution is -0.121. The van der Waals surface area contributed by atoms with E-state index in [2.05, 4.69) is 62.3 Å². The van der Waals surface area contributed by atoms with Crippen LogP contribution >= 0.6 is 11.3 Å². The summed E-state index contributed by atoms with van der Waals surface area (Å²) in [6, 6.07) is 20.8. The Bertz CT molecular complexity index is 949. The Morgan fingerprint density at radius 1 is 1.00 bits per heavy atom. The molecule has 1 saturated carbocycles. The van der Waals surface area contributed by atoms with Crippen molar-refractivity contribution < 1.29 is 4.79 Å². The van der Waals surface area contributed by atoms with Crippen LogP contribution in [0.2, 0.25) is 0 Å². The van der Waals surface area contributed by atoms with E-state index >= 15 is 0 Å². The summed E-state index contributed by atoms with van der Waals surface area (Å²) in [4.78, 5) is 18.0. The third kappa shape index (κ3) is 2.96. The van der Waals surface area contributed by atoms with Gasteiger partial charge in [-0.2, -0.15) is 0 Å². The number of anilines is 1. The van der Waals surface area contributed by atoms with Gasteiger partial charge in [0.15, 0.2) is 5.13 Å². The summed E-state index contributed by atoms with van der Waals surface area (Å²) in [6.07, 6.45) is 0.789. The van der Waals surface area contributed by atoms with Crippen LogP contribution in [0.3, 0.4) is 0 Å². The molecule has 28 heavy (non-hydrogen) atoms. The Labute approximate surface area is 170 Å². The summed E-state index contributed by atoms with van der Waals surface area (Å²) in [5.74, 6) is 0.0371. The molecule has 1 amide bonds. The molecule has 144 valence electrons. The van der Waals surface area contributed by atoms with E-state index in [9.17, 15) is 4.79 Å². The fourth-order valence-corrected chi connectivity index (χ4v) is 5.06. The molecule has 1 heterocycles. The van der Waals surface area contributed by atoms with E-state index < -0.39 is 5.41 Å². The van der Waals surface area contributed by atoms with Crippen LogP contribution in [0.1, 0.15) is 50.9 Å². The first-order chi connectivity index (χ1) is 13.3. The molecule has 0 bridgehead atoms. The topological polar surface area (TPSA) is 42.0 Å². The van der Waals surface area contributed by atoms with Crippen molar-refractivity contribution >= 4 is 22.4 Å². The molecule has 0 aliphatic heterocycles. The molecule has 1 unspecified atom stereocenters. The van der Waals surface area contributed by atoms with Gasteiger partial charge in [0.05, 0.1) is 11.1 Å². The number of aromatic nitrogens is 1. The lowest BCUT2D eigenvalue weighted by Crippen LogP contribution is -2.30. The van der Waals surface area contributed by atoms with Gasteiger partial charge in [-0.3, -0.25) is 4.79 Å². The molecule has 1 aliphatic rings. The van der Waals surface area contributed by atoms with Crippen LogP contribution in [0.25, 0.3) is 0 Å².